The minimum Gasteiger partial charge on any atom is -0.349 e. The first-order valence-corrected chi connectivity index (χ1v) is 6.42. The molecular weight excluding hydrogens is 240 g/mol. The molecule has 1 fully saturated rings. The van der Waals surface area contributed by atoms with Crippen molar-refractivity contribution in [3.05, 3.63) is 41.5 Å². The summed E-state index contributed by atoms with van der Waals surface area (Å²) in [5.41, 5.74) is 1.96. The Morgan fingerprint density at radius 2 is 1.89 bits per heavy atom. The van der Waals surface area contributed by atoms with Crippen LogP contribution in [0, 0.1) is 0 Å². The van der Waals surface area contributed by atoms with E-state index in [1.54, 1.807) is 24.3 Å². The highest BCUT2D eigenvalue weighted by Gasteiger charge is 2.24. The minimum atomic E-state index is -0.216. The van der Waals surface area contributed by atoms with Gasteiger partial charge >= 0.3 is 0 Å². The van der Waals surface area contributed by atoms with Crippen molar-refractivity contribution in [3.8, 4) is 0 Å². The van der Waals surface area contributed by atoms with Crippen molar-refractivity contribution in [1.82, 2.24) is 5.32 Å². The molecule has 0 saturated heterocycles. The molecule has 2 rings (SSSR count). The van der Waals surface area contributed by atoms with E-state index in [0.29, 0.717) is 17.3 Å². The van der Waals surface area contributed by atoms with E-state index in [2.05, 4.69) is 10.6 Å². The van der Waals surface area contributed by atoms with E-state index in [1.165, 1.54) is 6.08 Å². The van der Waals surface area contributed by atoms with E-state index in [4.69, 9.17) is 0 Å². The van der Waals surface area contributed by atoms with Crippen molar-refractivity contribution < 1.29 is 9.59 Å². The fourth-order valence-electron chi connectivity index (χ4n) is 1.71. The summed E-state index contributed by atoms with van der Waals surface area (Å²) in [5, 5.41) is 5.66. The van der Waals surface area contributed by atoms with Gasteiger partial charge in [0.1, 0.15) is 0 Å². The number of allylic oxidation sites excluding steroid dienone is 1. The van der Waals surface area contributed by atoms with Gasteiger partial charge in [0.15, 0.2) is 0 Å². The summed E-state index contributed by atoms with van der Waals surface area (Å²) in [6.45, 7) is 3.70. The molecule has 0 atom stereocenters. The number of hydrogen-bond acceptors (Lipinski definition) is 2. The molecule has 0 bridgehead atoms. The monoisotopic (exact) mass is 258 g/mol. The number of carbonyl (C=O) groups excluding carboxylic acids is 2. The average molecular weight is 258 g/mol. The van der Waals surface area contributed by atoms with Gasteiger partial charge in [0.05, 0.1) is 11.3 Å². The van der Waals surface area contributed by atoms with Gasteiger partial charge < -0.3 is 10.6 Å². The molecule has 1 aliphatic rings. The Balaban J connectivity index is 2.13. The summed E-state index contributed by atoms with van der Waals surface area (Å²) in [6, 6.07) is 7.34. The van der Waals surface area contributed by atoms with Crippen LogP contribution in [0.3, 0.4) is 0 Å². The smallest absolute Gasteiger partial charge is 0.253 e. The molecule has 0 aliphatic heterocycles. The normalized spacial score (nSPS) is 13.6. The Hall–Kier alpha value is -2.10. The number of carbonyl (C=O) groups is 2. The van der Waals surface area contributed by atoms with Gasteiger partial charge in [-0.05, 0) is 38.8 Å². The summed E-state index contributed by atoms with van der Waals surface area (Å²) in [7, 11) is 0. The highest BCUT2D eigenvalue weighted by Crippen LogP contribution is 2.21. The van der Waals surface area contributed by atoms with E-state index in [1.807, 2.05) is 13.8 Å². The molecule has 0 unspecified atom stereocenters. The summed E-state index contributed by atoms with van der Waals surface area (Å²) in [4.78, 5) is 23.8. The van der Waals surface area contributed by atoms with E-state index in [0.717, 1.165) is 18.4 Å². The maximum atomic E-state index is 12.0. The summed E-state index contributed by atoms with van der Waals surface area (Å²) in [6.07, 6.45) is 3.59. The Morgan fingerprint density at radius 1 is 1.21 bits per heavy atom. The number of anilines is 1. The predicted molar refractivity (Wildman–Crippen MR) is 75.0 cm³/mol. The Bertz CT molecular complexity index is 527. The predicted octanol–water partition coefficient (Wildman–Crippen LogP) is 2.48. The van der Waals surface area contributed by atoms with Crippen LogP contribution in [-0.2, 0) is 4.79 Å². The summed E-state index contributed by atoms with van der Waals surface area (Å²) in [5.74, 6) is -0.345. The SMILES string of the molecule is CC(C)=CC(=O)Nc1ccccc1C(=O)NC1CC1. The fourth-order valence-corrected chi connectivity index (χ4v) is 1.71. The Morgan fingerprint density at radius 3 is 2.53 bits per heavy atom. The van der Waals surface area contributed by atoms with E-state index in [9.17, 15) is 9.59 Å². The molecule has 2 amide bonds. The maximum absolute atomic E-state index is 12.0. The number of amides is 2. The summed E-state index contributed by atoms with van der Waals surface area (Å²) >= 11 is 0. The molecule has 100 valence electrons. The molecule has 0 spiro atoms. The average Bonchev–Trinajstić information content (AvgIpc) is 3.12. The lowest BCUT2D eigenvalue weighted by molar-refractivity contribution is -0.111. The molecule has 0 radical (unpaired) electrons. The number of hydrogen-bond donors (Lipinski definition) is 2. The van der Waals surface area contributed by atoms with Crippen LogP contribution in [0.1, 0.15) is 37.0 Å². The van der Waals surface area contributed by atoms with E-state index < -0.39 is 0 Å². The van der Waals surface area contributed by atoms with Gasteiger partial charge in [0.25, 0.3) is 5.91 Å². The summed E-state index contributed by atoms with van der Waals surface area (Å²) < 4.78 is 0. The van der Waals surface area contributed by atoms with Crippen molar-refractivity contribution in [2.75, 3.05) is 5.32 Å². The topological polar surface area (TPSA) is 58.2 Å². The van der Waals surface area contributed by atoms with Crippen molar-refractivity contribution in [3.63, 3.8) is 0 Å². The van der Waals surface area contributed by atoms with Gasteiger partial charge in [-0.2, -0.15) is 0 Å². The molecule has 19 heavy (non-hydrogen) atoms. The minimum absolute atomic E-state index is 0.129. The Kier molecular flexibility index (Phi) is 4.00. The molecule has 1 aromatic rings. The van der Waals surface area contributed by atoms with Gasteiger partial charge in [-0.25, -0.2) is 0 Å². The van der Waals surface area contributed by atoms with E-state index in [-0.39, 0.29) is 11.8 Å². The lowest BCUT2D eigenvalue weighted by atomic mass is 10.1. The maximum Gasteiger partial charge on any atom is 0.253 e. The van der Waals surface area contributed by atoms with Crippen LogP contribution < -0.4 is 10.6 Å². The van der Waals surface area contributed by atoms with Crippen molar-refractivity contribution in [2.24, 2.45) is 0 Å². The van der Waals surface area contributed by atoms with Gasteiger partial charge in [-0.15, -0.1) is 0 Å². The lowest BCUT2D eigenvalue weighted by Crippen LogP contribution is -2.26. The van der Waals surface area contributed by atoms with Crippen LogP contribution in [-0.4, -0.2) is 17.9 Å². The largest absolute Gasteiger partial charge is 0.349 e. The van der Waals surface area contributed by atoms with Crippen LogP contribution in [0.2, 0.25) is 0 Å². The zero-order valence-corrected chi connectivity index (χ0v) is 11.2. The van der Waals surface area contributed by atoms with Crippen LogP contribution in [0.25, 0.3) is 0 Å². The van der Waals surface area contributed by atoms with Gasteiger partial charge in [-0.3, -0.25) is 9.59 Å². The van der Waals surface area contributed by atoms with Crippen molar-refractivity contribution in [2.45, 2.75) is 32.7 Å². The molecule has 1 aliphatic carbocycles. The second kappa shape index (κ2) is 5.69. The van der Waals surface area contributed by atoms with E-state index >= 15 is 0 Å². The van der Waals surface area contributed by atoms with Gasteiger partial charge in [0, 0.05) is 12.1 Å². The lowest BCUT2D eigenvalue weighted by Gasteiger charge is -2.10. The quantitative estimate of drug-likeness (QED) is 0.815. The highest BCUT2D eigenvalue weighted by molar-refractivity contribution is 6.06. The third-order valence-corrected chi connectivity index (χ3v) is 2.76. The van der Waals surface area contributed by atoms with Crippen molar-refractivity contribution >= 4 is 17.5 Å². The molecule has 4 nitrogen and oxygen atoms in total. The number of rotatable bonds is 4. The Labute approximate surface area is 112 Å². The molecule has 0 aromatic heterocycles. The molecule has 0 heterocycles. The molecular formula is C15H18N2O2. The first-order chi connectivity index (χ1) is 9.06. The fraction of sp³-hybridized carbons (Fsp3) is 0.333. The third kappa shape index (κ3) is 3.95. The number of nitrogens with one attached hydrogen (secondary N) is 2. The third-order valence-electron chi connectivity index (χ3n) is 2.76. The molecule has 2 N–H and O–H groups in total. The second-order valence-electron chi connectivity index (χ2n) is 5.00. The highest BCUT2D eigenvalue weighted by atomic mass is 16.2. The van der Waals surface area contributed by atoms with Crippen LogP contribution in [0.15, 0.2) is 35.9 Å². The number of benzene rings is 1. The molecule has 1 aromatic carbocycles. The second-order valence-corrected chi connectivity index (χ2v) is 5.00. The molecule has 4 heteroatoms. The van der Waals surface area contributed by atoms with Crippen molar-refractivity contribution in [1.29, 1.82) is 0 Å². The van der Waals surface area contributed by atoms with Crippen LogP contribution >= 0.6 is 0 Å². The standard InChI is InChI=1S/C15H18N2O2/c1-10(2)9-14(18)17-13-6-4-3-5-12(13)15(19)16-11-7-8-11/h3-6,9,11H,7-8H2,1-2H3,(H,16,19)(H,17,18). The van der Waals surface area contributed by atoms with Gasteiger partial charge in [0.2, 0.25) is 5.91 Å². The molecule has 1 saturated carbocycles. The number of para-hydroxylation sites is 1. The first kappa shape index (κ1) is 13.3. The zero-order valence-electron chi connectivity index (χ0n) is 11.2. The first-order valence-electron chi connectivity index (χ1n) is 6.42. The zero-order chi connectivity index (χ0) is 13.8. The van der Waals surface area contributed by atoms with Gasteiger partial charge in [-0.1, -0.05) is 17.7 Å². The van der Waals surface area contributed by atoms with Crippen LogP contribution in [0.4, 0.5) is 5.69 Å². The van der Waals surface area contributed by atoms with Crippen LogP contribution in [0.5, 0.6) is 0 Å².